The lowest BCUT2D eigenvalue weighted by Gasteiger charge is -2.26. The number of carbonyl (C=O) groups is 1. The number of aromatic nitrogens is 2. The zero-order valence-corrected chi connectivity index (χ0v) is 17.2. The molecule has 1 fully saturated rings. The molecule has 0 aliphatic carbocycles. The standard InChI is InChI=1S/C19H27N3O4S/c1-5-6-19(11-23)7-8-22(10-19)18(24)15-12(2)14-16(26-4)20-13(9-25-3)21-17(14)27-15/h23H,5-11H2,1-4H3. The Morgan fingerprint density at radius 3 is 2.78 bits per heavy atom. The summed E-state index contributed by atoms with van der Waals surface area (Å²) in [6.07, 6.45) is 2.77. The summed E-state index contributed by atoms with van der Waals surface area (Å²) in [6, 6.07) is 0. The summed E-state index contributed by atoms with van der Waals surface area (Å²) in [6.45, 7) is 5.70. The molecule has 3 rings (SSSR count). The summed E-state index contributed by atoms with van der Waals surface area (Å²) < 4.78 is 10.6. The number of hydrogen-bond acceptors (Lipinski definition) is 7. The average Bonchev–Trinajstić information content (AvgIpc) is 3.23. The molecule has 0 spiro atoms. The van der Waals surface area contributed by atoms with E-state index >= 15 is 0 Å². The number of fused-ring (bicyclic) bond motifs is 1. The van der Waals surface area contributed by atoms with Crippen LogP contribution in [0.25, 0.3) is 10.2 Å². The number of methoxy groups -OCH3 is 2. The van der Waals surface area contributed by atoms with Crippen molar-refractivity contribution in [2.75, 3.05) is 33.9 Å². The minimum absolute atomic E-state index is 0.00253. The molecule has 2 aromatic heterocycles. The van der Waals surface area contributed by atoms with Gasteiger partial charge in [0.05, 0.1) is 24.0 Å². The van der Waals surface area contributed by atoms with E-state index in [2.05, 4.69) is 16.9 Å². The Balaban J connectivity index is 1.95. The number of hydrogen-bond donors (Lipinski definition) is 1. The highest BCUT2D eigenvalue weighted by molar-refractivity contribution is 7.20. The topological polar surface area (TPSA) is 84.8 Å². The van der Waals surface area contributed by atoms with Crippen molar-refractivity contribution in [2.45, 2.75) is 39.7 Å². The number of aliphatic hydroxyl groups excluding tert-OH is 1. The van der Waals surface area contributed by atoms with Gasteiger partial charge < -0.3 is 19.5 Å². The average molecular weight is 394 g/mol. The van der Waals surface area contributed by atoms with Crippen LogP contribution in [0.3, 0.4) is 0 Å². The largest absolute Gasteiger partial charge is 0.480 e. The molecule has 1 atom stereocenters. The van der Waals surface area contributed by atoms with Crippen LogP contribution in [0.4, 0.5) is 0 Å². The SMILES string of the molecule is CCCC1(CO)CCN(C(=O)c2sc3nc(COC)nc(OC)c3c2C)C1. The number of rotatable bonds is 7. The minimum atomic E-state index is -0.169. The summed E-state index contributed by atoms with van der Waals surface area (Å²) in [5.74, 6) is 1.000. The first-order valence-corrected chi connectivity index (χ1v) is 10.0. The Morgan fingerprint density at radius 1 is 1.37 bits per heavy atom. The normalized spacial score (nSPS) is 19.8. The third-order valence-electron chi connectivity index (χ3n) is 5.31. The van der Waals surface area contributed by atoms with E-state index in [0.29, 0.717) is 29.7 Å². The summed E-state index contributed by atoms with van der Waals surface area (Å²) in [5.41, 5.74) is 0.677. The number of nitrogens with zero attached hydrogens (tertiary/aromatic N) is 3. The van der Waals surface area contributed by atoms with Gasteiger partial charge in [-0.15, -0.1) is 11.3 Å². The molecule has 3 heterocycles. The van der Waals surface area contributed by atoms with Gasteiger partial charge in [-0.3, -0.25) is 4.79 Å². The summed E-state index contributed by atoms with van der Waals surface area (Å²) in [7, 11) is 3.16. The molecule has 0 aromatic carbocycles. The lowest BCUT2D eigenvalue weighted by atomic mass is 9.83. The van der Waals surface area contributed by atoms with Crippen molar-refractivity contribution in [2.24, 2.45) is 5.41 Å². The Hall–Kier alpha value is -1.77. The fraction of sp³-hybridized carbons (Fsp3) is 0.632. The molecule has 1 N–H and O–H groups in total. The van der Waals surface area contributed by atoms with E-state index in [9.17, 15) is 9.90 Å². The Kier molecular flexibility index (Phi) is 5.98. The van der Waals surface area contributed by atoms with E-state index in [1.54, 1.807) is 14.2 Å². The second kappa shape index (κ2) is 8.08. The molecule has 1 saturated heterocycles. The van der Waals surface area contributed by atoms with Gasteiger partial charge in [-0.05, 0) is 25.3 Å². The van der Waals surface area contributed by atoms with Crippen LogP contribution in [0.15, 0.2) is 0 Å². The van der Waals surface area contributed by atoms with Crippen LogP contribution < -0.4 is 4.74 Å². The molecule has 1 aliphatic rings. The van der Waals surface area contributed by atoms with Crippen molar-refractivity contribution in [3.63, 3.8) is 0 Å². The summed E-state index contributed by atoms with van der Waals surface area (Å²) in [5, 5.41) is 10.6. The maximum Gasteiger partial charge on any atom is 0.264 e. The number of aliphatic hydroxyl groups is 1. The highest BCUT2D eigenvalue weighted by atomic mass is 32.1. The second-order valence-electron chi connectivity index (χ2n) is 7.20. The Morgan fingerprint density at radius 2 is 2.15 bits per heavy atom. The predicted molar refractivity (Wildman–Crippen MR) is 104 cm³/mol. The van der Waals surface area contributed by atoms with Crippen LogP contribution in [0.1, 0.15) is 47.2 Å². The third kappa shape index (κ3) is 3.66. The van der Waals surface area contributed by atoms with Gasteiger partial charge >= 0.3 is 0 Å². The van der Waals surface area contributed by atoms with E-state index in [-0.39, 0.29) is 24.5 Å². The molecule has 1 aliphatic heterocycles. The molecule has 0 radical (unpaired) electrons. The molecule has 1 amide bonds. The summed E-state index contributed by atoms with van der Waals surface area (Å²) >= 11 is 1.37. The first-order chi connectivity index (χ1) is 13.0. The van der Waals surface area contributed by atoms with E-state index in [0.717, 1.165) is 35.0 Å². The van der Waals surface area contributed by atoms with Crippen molar-refractivity contribution in [3.05, 3.63) is 16.3 Å². The van der Waals surface area contributed by atoms with Crippen LogP contribution in [0.5, 0.6) is 5.88 Å². The zero-order valence-electron chi connectivity index (χ0n) is 16.4. The van der Waals surface area contributed by atoms with Gasteiger partial charge in [0.25, 0.3) is 5.91 Å². The van der Waals surface area contributed by atoms with Gasteiger partial charge in [-0.25, -0.2) is 4.98 Å². The van der Waals surface area contributed by atoms with Crippen molar-refractivity contribution in [3.8, 4) is 5.88 Å². The quantitative estimate of drug-likeness (QED) is 0.779. The predicted octanol–water partition coefficient (Wildman–Crippen LogP) is 2.78. The van der Waals surface area contributed by atoms with Gasteiger partial charge in [0.2, 0.25) is 5.88 Å². The van der Waals surface area contributed by atoms with Crippen LogP contribution in [-0.4, -0.2) is 59.8 Å². The van der Waals surface area contributed by atoms with E-state index in [1.807, 2.05) is 11.8 Å². The number of carbonyl (C=O) groups excluding carboxylic acids is 1. The fourth-order valence-electron chi connectivity index (χ4n) is 3.88. The highest BCUT2D eigenvalue weighted by Gasteiger charge is 2.39. The van der Waals surface area contributed by atoms with Gasteiger partial charge in [0.1, 0.15) is 11.4 Å². The van der Waals surface area contributed by atoms with Gasteiger partial charge in [0, 0.05) is 25.6 Å². The van der Waals surface area contributed by atoms with Gasteiger partial charge in [-0.1, -0.05) is 13.3 Å². The number of likely N-dealkylation sites (tertiary alicyclic amines) is 1. The third-order valence-corrected chi connectivity index (χ3v) is 6.48. The molecular formula is C19H27N3O4S. The molecule has 27 heavy (non-hydrogen) atoms. The molecule has 8 heteroatoms. The van der Waals surface area contributed by atoms with Crippen molar-refractivity contribution < 1.29 is 19.4 Å². The lowest BCUT2D eigenvalue weighted by Crippen LogP contribution is -2.34. The fourth-order valence-corrected chi connectivity index (χ4v) is 5.04. The molecule has 2 aromatic rings. The lowest BCUT2D eigenvalue weighted by molar-refractivity contribution is 0.0733. The first-order valence-electron chi connectivity index (χ1n) is 9.21. The number of ether oxygens (including phenoxy) is 2. The maximum absolute atomic E-state index is 13.2. The molecule has 7 nitrogen and oxygen atoms in total. The van der Waals surface area contributed by atoms with Crippen molar-refractivity contribution >= 4 is 27.5 Å². The number of amides is 1. The van der Waals surface area contributed by atoms with Crippen LogP contribution in [0, 0.1) is 12.3 Å². The number of aryl methyl sites for hydroxylation is 1. The van der Waals surface area contributed by atoms with Gasteiger partial charge in [-0.2, -0.15) is 4.98 Å². The van der Waals surface area contributed by atoms with Crippen LogP contribution >= 0.6 is 11.3 Å². The van der Waals surface area contributed by atoms with Gasteiger partial charge in [0.15, 0.2) is 5.82 Å². The molecule has 0 bridgehead atoms. The van der Waals surface area contributed by atoms with Crippen molar-refractivity contribution in [1.29, 1.82) is 0 Å². The van der Waals surface area contributed by atoms with Crippen LogP contribution in [-0.2, 0) is 11.3 Å². The first kappa shape index (κ1) is 20.0. The Labute approximate surface area is 163 Å². The smallest absolute Gasteiger partial charge is 0.264 e. The van der Waals surface area contributed by atoms with E-state index in [1.165, 1.54) is 11.3 Å². The maximum atomic E-state index is 13.2. The Bertz CT molecular complexity index is 838. The van der Waals surface area contributed by atoms with Crippen LogP contribution in [0.2, 0.25) is 0 Å². The summed E-state index contributed by atoms with van der Waals surface area (Å²) in [4.78, 5) is 25.4. The molecule has 1 unspecified atom stereocenters. The monoisotopic (exact) mass is 393 g/mol. The molecular weight excluding hydrogens is 366 g/mol. The minimum Gasteiger partial charge on any atom is -0.480 e. The van der Waals surface area contributed by atoms with Crippen molar-refractivity contribution in [1.82, 2.24) is 14.9 Å². The second-order valence-corrected chi connectivity index (χ2v) is 8.20. The number of thiophene rings is 1. The van der Waals surface area contributed by atoms with E-state index in [4.69, 9.17) is 9.47 Å². The molecule has 0 saturated carbocycles. The zero-order chi connectivity index (χ0) is 19.6. The highest BCUT2D eigenvalue weighted by Crippen LogP contribution is 2.39. The van der Waals surface area contributed by atoms with E-state index < -0.39 is 0 Å². The molecule has 148 valence electrons.